The van der Waals surface area contributed by atoms with Crippen LogP contribution >= 0.6 is 30.9 Å². The summed E-state index contributed by atoms with van der Waals surface area (Å²) >= 11 is 10.1. The predicted octanol–water partition coefficient (Wildman–Crippen LogP) is 1.96. The quantitative estimate of drug-likeness (QED) is 0.458. The maximum atomic E-state index is 9.75. The summed E-state index contributed by atoms with van der Waals surface area (Å²) in [4.78, 5) is 0. The van der Waals surface area contributed by atoms with Gasteiger partial charge in [0.2, 0.25) is 0 Å². The Kier molecular flexibility index (Phi) is 3.72. The molecule has 5 heteroatoms. The van der Waals surface area contributed by atoms with E-state index in [1.54, 1.807) is 0 Å². The maximum absolute atomic E-state index is 9.75. The average Bonchev–Trinajstić information content (AvgIpc) is 1.65. The fourth-order valence-corrected chi connectivity index (χ4v) is 0.507. The largest absolute Gasteiger partial charge is 0.335 e. The van der Waals surface area contributed by atoms with Crippen LogP contribution in [0.1, 0.15) is 0 Å². The highest BCUT2D eigenvalue weighted by molar-refractivity contribution is 7.34. The molecule has 0 aliphatic rings. The van der Waals surface area contributed by atoms with Gasteiger partial charge >= 0.3 is 7.68 Å². The molecule has 0 spiro atoms. The lowest BCUT2D eigenvalue weighted by Gasteiger charge is -1.83. The van der Waals surface area contributed by atoms with Gasteiger partial charge in [-0.1, -0.05) is 0 Å². The van der Waals surface area contributed by atoms with Crippen LogP contribution in [0.2, 0.25) is 0 Å². The molecule has 42 valence electrons. The highest BCUT2D eigenvalue weighted by Gasteiger charge is 2.05. The second-order valence-corrected chi connectivity index (χ2v) is 3.21. The van der Waals surface area contributed by atoms with Gasteiger partial charge in [-0.25, -0.2) is 9.13 Å². The molecule has 0 aromatic carbocycles. The summed E-state index contributed by atoms with van der Waals surface area (Å²) < 4.78 is 19.5. The van der Waals surface area contributed by atoms with Gasteiger partial charge in [-0.05, 0) is 0 Å². The first-order valence-electron chi connectivity index (χ1n) is 1.52. The first-order valence-corrected chi connectivity index (χ1v) is 3.73. The summed E-state index contributed by atoms with van der Waals surface area (Å²) in [6.45, 7) is 0. The van der Waals surface area contributed by atoms with E-state index in [2.05, 4.69) is 0 Å². The summed E-state index contributed by atoms with van der Waals surface area (Å²) in [7, 11) is -2.53. The van der Waals surface area contributed by atoms with Gasteiger partial charge in [-0.15, -0.1) is 23.2 Å². The van der Waals surface area contributed by atoms with E-state index in [0.29, 0.717) is 0 Å². The number of alkyl halides is 2. The monoisotopic (exact) mass is 160 g/mol. The van der Waals surface area contributed by atoms with Crippen molar-refractivity contribution in [3.8, 4) is 0 Å². The lowest BCUT2D eigenvalue weighted by Crippen LogP contribution is -1.86. The average molecular weight is 161 g/mol. The molecule has 0 amide bonds. The van der Waals surface area contributed by atoms with Crippen LogP contribution in [0.3, 0.4) is 0 Å². The van der Waals surface area contributed by atoms with E-state index in [9.17, 15) is 9.13 Å². The molecule has 0 aliphatic carbocycles. The van der Waals surface area contributed by atoms with Crippen LogP contribution in [0.4, 0.5) is 0 Å². The van der Waals surface area contributed by atoms with Crippen molar-refractivity contribution in [2.45, 2.75) is 5.12 Å². The van der Waals surface area contributed by atoms with Crippen molar-refractivity contribution >= 4 is 30.9 Å². The molecule has 0 saturated heterocycles. The number of rotatable bonds is 2. The zero-order chi connectivity index (χ0) is 5.86. The second-order valence-electron chi connectivity index (χ2n) is 0.874. The Labute approximate surface area is 51.6 Å². The molecule has 0 aromatic heterocycles. The highest BCUT2D eigenvalue weighted by Crippen LogP contribution is 2.18. The number of hydrogen-bond donors (Lipinski definition) is 0. The third kappa shape index (κ3) is 3.10. The van der Waals surface area contributed by atoms with E-state index < -0.39 is 12.8 Å². The molecule has 0 bridgehead atoms. The summed E-state index contributed by atoms with van der Waals surface area (Å²) in [5.74, 6) is -0.0414. The molecule has 0 N–H and O–H groups in total. The van der Waals surface area contributed by atoms with E-state index in [1.807, 2.05) is 0 Å². The molecule has 0 radical (unpaired) electrons. The second kappa shape index (κ2) is 3.48. The molecular weight excluding hydrogens is 158 g/mol. The first-order chi connectivity index (χ1) is 3.18. The van der Waals surface area contributed by atoms with Crippen LogP contribution in [0, 0.1) is 0 Å². The molecule has 0 saturated carbocycles. The summed E-state index contributed by atoms with van der Waals surface area (Å²) in [5, 5.41) is -0.906. The van der Waals surface area contributed by atoms with Crippen LogP contribution < -0.4 is 0 Å². The van der Waals surface area contributed by atoms with Crippen LogP contribution in [0.5, 0.6) is 0 Å². The lowest BCUT2D eigenvalue weighted by molar-refractivity contribution is 0.514. The van der Waals surface area contributed by atoms with Crippen LogP contribution in [0.25, 0.3) is 0 Å². The van der Waals surface area contributed by atoms with Gasteiger partial charge in [0.05, 0.1) is 5.88 Å². The van der Waals surface area contributed by atoms with Crippen molar-refractivity contribution in [3.05, 3.63) is 0 Å². The minimum atomic E-state index is -2.53. The van der Waals surface area contributed by atoms with Crippen molar-refractivity contribution in [3.63, 3.8) is 0 Å². The third-order valence-electron chi connectivity index (χ3n) is 0.356. The fourth-order valence-electron chi connectivity index (χ4n) is 0.0563. The maximum Gasteiger partial charge on any atom is 0.335 e. The van der Waals surface area contributed by atoms with E-state index in [-0.39, 0.29) is 5.88 Å². The van der Waals surface area contributed by atoms with Gasteiger partial charge in [0, 0.05) is 0 Å². The Balaban J connectivity index is 3.57. The topological polar surface area (TPSA) is 34.1 Å². The third-order valence-corrected chi connectivity index (χ3v) is 2.31. The van der Waals surface area contributed by atoms with E-state index in [0.717, 1.165) is 0 Å². The standard InChI is InChI=1S/C2H3Cl2O2P/c3-1-2(4)7(5)6/h2H,1H2. The van der Waals surface area contributed by atoms with Crippen LogP contribution in [-0.4, -0.2) is 11.0 Å². The molecule has 2 nitrogen and oxygen atoms in total. The molecular formula is C2H3Cl2O2P. The Morgan fingerprint density at radius 2 is 2.00 bits per heavy atom. The predicted molar refractivity (Wildman–Crippen MR) is 28.7 cm³/mol. The Morgan fingerprint density at radius 3 is 2.00 bits per heavy atom. The Morgan fingerprint density at radius 1 is 1.57 bits per heavy atom. The van der Waals surface area contributed by atoms with Gasteiger partial charge < -0.3 is 0 Å². The van der Waals surface area contributed by atoms with E-state index >= 15 is 0 Å². The van der Waals surface area contributed by atoms with Gasteiger partial charge in [0.25, 0.3) is 0 Å². The van der Waals surface area contributed by atoms with Crippen LogP contribution in [-0.2, 0) is 9.13 Å². The van der Waals surface area contributed by atoms with E-state index in [1.165, 1.54) is 0 Å². The minimum absolute atomic E-state index is 0.0414. The van der Waals surface area contributed by atoms with Gasteiger partial charge in [0.15, 0.2) is 5.12 Å². The van der Waals surface area contributed by atoms with Crippen molar-refractivity contribution in [1.29, 1.82) is 0 Å². The first kappa shape index (κ1) is 7.48. The summed E-state index contributed by atoms with van der Waals surface area (Å²) in [5.41, 5.74) is 0. The normalized spacial score (nSPS) is 13.4. The van der Waals surface area contributed by atoms with Crippen molar-refractivity contribution in [1.82, 2.24) is 0 Å². The van der Waals surface area contributed by atoms with Crippen LogP contribution in [0.15, 0.2) is 0 Å². The van der Waals surface area contributed by atoms with E-state index in [4.69, 9.17) is 23.2 Å². The molecule has 1 unspecified atom stereocenters. The number of halogens is 2. The molecule has 7 heavy (non-hydrogen) atoms. The SMILES string of the molecule is O=P(=O)C(Cl)CCl. The Hall–Kier alpha value is 0.480. The van der Waals surface area contributed by atoms with Gasteiger partial charge in [-0.2, -0.15) is 0 Å². The molecule has 1 atom stereocenters. The lowest BCUT2D eigenvalue weighted by atomic mass is 10.9. The van der Waals surface area contributed by atoms with Gasteiger partial charge in [-0.3, -0.25) is 0 Å². The summed E-state index contributed by atoms with van der Waals surface area (Å²) in [6, 6.07) is 0. The minimum Gasteiger partial charge on any atom is -0.236 e. The zero-order valence-corrected chi connectivity index (χ0v) is 5.71. The van der Waals surface area contributed by atoms with Crippen molar-refractivity contribution in [2.75, 3.05) is 5.88 Å². The molecule has 0 aromatic rings. The van der Waals surface area contributed by atoms with Crippen molar-refractivity contribution in [2.24, 2.45) is 0 Å². The van der Waals surface area contributed by atoms with Gasteiger partial charge in [0.1, 0.15) is 0 Å². The molecule has 0 aliphatic heterocycles. The molecule has 0 fully saturated rings. The zero-order valence-electron chi connectivity index (χ0n) is 3.30. The fraction of sp³-hybridized carbons (Fsp3) is 1.00. The molecule has 0 rings (SSSR count). The smallest absolute Gasteiger partial charge is 0.236 e. The summed E-state index contributed by atoms with van der Waals surface area (Å²) in [6.07, 6.45) is 0. The molecule has 0 heterocycles. The van der Waals surface area contributed by atoms with Crippen molar-refractivity contribution < 1.29 is 9.13 Å². The highest BCUT2D eigenvalue weighted by atomic mass is 35.5. The number of hydrogen-bond acceptors (Lipinski definition) is 2. The Bertz CT molecular complexity index is 102.